The smallest absolute Gasteiger partial charge is 0.450 e. The SMILES string of the molecule is C=C=CC(C)(CCCCCC)OC(=O)O.[Pu]. The van der Waals surface area contributed by atoms with Gasteiger partial charge in [0.05, 0.1) is 0 Å². The van der Waals surface area contributed by atoms with Gasteiger partial charge in [0, 0.05) is 35.3 Å². The Morgan fingerprint density at radius 1 is 1.50 bits per heavy atom. The van der Waals surface area contributed by atoms with Gasteiger partial charge in [0.1, 0.15) is 5.60 Å². The van der Waals surface area contributed by atoms with E-state index in [0.717, 1.165) is 19.3 Å². The molecule has 4 heteroatoms. The number of rotatable bonds is 7. The Kier molecular flexibility index (Phi) is 11.3. The molecule has 0 aromatic rings. The molecule has 16 heavy (non-hydrogen) atoms. The molecular weight excluding hydrogens is 436 g/mol. The molecule has 0 saturated carbocycles. The third-order valence-corrected chi connectivity index (χ3v) is 2.25. The van der Waals surface area contributed by atoms with Gasteiger partial charge in [-0.1, -0.05) is 32.8 Å². The summed E-state index contributed by atoms with van der Waals surface area (Å²) in [4.78, 5) is 10.5. The van der Waals surface area contributed by atoms with Crippen molar-refractivity contribution < 1.29 is 43.8 Å². The Bertz CT molecular complexity index is 247. The van der Waals surface area contributed by atoms with E-state index in [2.05, 4.69) is 19.2 Å². The molecule has 3 nitrogen and oxygen atoms in total. The first kappa shape index (κ1) is 18.2. The van der Waals surface area contributed by atoms with Crippen molar-refractivity contribution in [3.05, 3.63) is 18.4 Å². The molecule has 92 valence electrons. The first-order valence-corrected chi connectivity index (χ1v) is 5.33. The van der Waals surface area contributed by atoms with Gasteiger partial charge >= 0.3 is 6.16 Å². The molecule has 0 fully saturated rings. The first-order valence-electron chi connectivity index (χ1n) is 5.33. The Morgan fingerprint density at radius 2 is 2.12 bits per heavy atom. The maximum atomic E-state index is 10.5. The van der Waals surface area contributed by atoms with Crippen LogP contribution in [0.3, 0.4) is 0 Å². The van der Waals surface area contributed by atoms with E-state index in [0.29, 0.717) is 6.42 Å². The summed E-state index contributed by atoms with van der Waals surface area (Å²) in [7, 11) is 0. The predicted octanol–water partition coefficient (Wildman–Crippen LogP) is 3.75. The zero-order valence-corrected chi connectivity index (χ0v) is 13.4. The molecule has 0 aliphatic heterocycles. The van der Waals surface area contributed by atoms with E-state index in [1.54, 1.807) is 13.0 Å². The zero-order valence-electron chi connectivity index (χ0n) is 9.99. The van der Waals surface area contributed by atoms with Crippen LogP contribution < -0.4 is 0 Å². The second kappa shape index (κ2) is 9.96. The first-order chi connectivity index (χ1) is 7.04. The van der Waals surface area contributed by atoms with Gasteiger partial charge < -0.3 is 9.84 Å². The Labute approximate surface area is 119 Å². The quantitative estimate of drug-likeness (QED) is 0.361. The van der Waals surface area contributed by atoms with Gasteiger partial charge in [-0.3, -0.25) is 0 Å². The molecule has 1 unspecified atom stereocenters. The Balaban J connectivity index is 0. The average molecular weight is 456 g/mol. The van der Waals surface area contributed by atoms with Gasteiger partial charge in [-0.05, 0) is 19.8 Å². The number of unbranched alkanes of at least 4 members (excludes halogenated alkanes) is 3. The molecule has 0 aromatic carbocycles. The zero-order chi connectivity index (χ0) is 11.7. The van der Waals surface area contributed by atoms with E-state index >= 15 is 0 Å². The molecule has 1 atom stereocenters. The second-order valence-corrected chi connectivity index (χ2v) is 3.84. The van der Waals surface area contributed by atoms with Crippen molar-refractivity contribution in [3.8, 4) is 0 Å². The average Bonchev–Trinajstić information content (AvgIpc) is 2.11. The van der Waals surface area contributed by atoms with Crippen LogP contribution in [0.15, 0.2) is 18.4 Å². The van der Waals surface area contributed by atoms with Gasteiger partial charge in [-0.15, -0.1) is 5.73 Å². The summed E-state index contributed by atoms with van der Waals surface area (Å²) >= 11 is 0. The summed E-state index contributed by atoms with van der Waals surface area (Å²) in [6.07, 6.45) is 5.39. The van der Waals surface area contributed by atoms with Gasteiger partial charge in [-0.2, -0.15) is 0 Å². The maximum Gasteiger partial charge on any atom is 0.506 e. The van der Waals surface area contributed by atoms with Crippen LogP contribution in [0, 0.1) is 29.2 Å². The summed E-state index contributed by atoms with van der Waals surface area (Å²) in [6, 6.07) is 0. The largest absolute Gasteiger partial charge is 0.506 e. The molecule has 0 aliphatic carbocycles. The van der Waals surface area contributed by atoms with Crippen molar-refractivity contribution >= 4 is 6.16 Å². The van der Waals surface area contributed by atoms with Crippen LogP contribution in [-0.4, -0.2) is 16.9 Å². The minimum absolute atomic E-state index is 0. The molecule has 0 bridgehead atoms. The predicted molar refractivity (Wildman–Crippen MR) is 60.0 cm³/mol. The molecule has 0 amide bonds. The minimum atomic E-state index is -1.25. The number of carbonyl (C=O) groups is 1. The standard InChI is InChI=1S/C12H20O3.Pu/c1-4-6-7-8-10-12(3,9-5-2)15-11(13)14;/h9H,2,4,6-8,10H2,1,3H3,(H,13,14);. The second-order valence-electron chi connectivity index (χ2n) is 3.84. The van der Waals surface area contributed by atoms with Crippen LogP contribution in [0.25, 0.3) is 0 Å². The third-order valence-electron chi connectivity index (χ3n) is 2.25. The fourth-order valence-corrected chi connectivity index (χ4v) is 1.47. The minimum Gasteiger partial charge on any atom is -0.450 e. The van der Waals surface area contributed by atoms with E-state index in [4.69, 9.17) is 9.84 Å². The van der Waals surface area contributed by atoms with Crippen molar-refractivity contribution in [2.45, 2.75) is 51.6 Å². The van der Waals surface area contributed by atoms with Crippen LogP contribution in [0.5, 0.6) is 0 Å². The molecule has 0 radical (unpaired) electrons. The number of carboxylic acid groups (broad SMARTS) is 1. The number of hydrogen-bond donors (Lipinski definition) is 1. The molecule has 0 heterocycles. The van der Waals surface area contributed by atoms with Crippen LogP contribution in [-0.2, 0) is 4.74 Å². The van der Waals surface area contributed by atoms with Gasteiger partial charge in [0.2, 0.25) is 0 Å². The van der Waals surface area contributed by atoms with Gasteiger partial charge in [0.15, 0.2) is 0 Å². The van der Waals surface area contributed by atoms with Gasteiger partial charge in [-0.25, -0.2) is 4.79 Å². The number of hydrogen-bond acceptors (Lipinski definition) is 2. The fourth-order valence-electron chi connectivity index (χ4n) is 1.47. The monoisotopic (exact) mass is 450 g/mol. The molecule has 1 N–H and O–H groups in total. The van der Waals surface area contributed by atoms with Crippen molar-refractivity contribution in [1.29, 1.82) is 0 Å². The molecule has 0 rings (SSSR count). The summed E-state index contributed by atoms with van der Waals surface area (Å²) in [5.74, 6) is 0. The summed E-state index contributed by atoms with van der Waals surface area (Å²) in [5, 5.41) is 8.59. The van der Waals surface area contributed by atoms with Crippen LogP contribution in [0.1, 0.15) is 46.0 Å². The van der Waals surface area contributed by atoms with E-state index < -0.39 is 11.8 Å². The number of ether oxygens (including phenoxy) is 1. The summed E-state index contributed by atoms with van der Waals surface area (Å²) in [6.45, 7) is 7.32. The van der Waals surface area contributed by atoms with Crippen LogP contribution in [0.2, 0.25) is 0 Å². The summed E-state index contributed by atoms with van der Waals surface area (Å²) in [5.41, 5.74) is 1.81. The Morgan fingerprint density at radius 3 is 2.56 bits per heavy atom. The van der Waals surface area contributed by atoms with Crippen LogP contribution in [0.4, 0.5) is 4.79 Å². The fraction of sp³-hybridized carbons (Fsp3) is 0.667. The van der Waals surface area contributed by atoms with E-state index in [1.165, 1.54) is 6.42 Å². The molecular formula is C12H20O3Pu. The van der Waals surface area contributed by atoms with Crippen LogP contribution >= 0.6 is 0 Å². The normalized spacial score (nSPS) is 12.9. The Hall–Kier alpha value is -0.223. The van der Waals surface area contributed by atoms with Crippen molar-refractivity contribution in [2.24, 2.45) is 0 Å². The summed E-state index contributed by atoms with van der Waals surface area (Å²) < 4.78 is 4.82. The van der Waals surface area contributed by atoms with Crippen molar-refractivity contribution in [2.75, 3.05) is 0 Å². The molecule has 0 saturated heterocycles. The maximum absolute atomic E-state index is 10.5. The third kappa shape index (κ3) is 9.04. The van der Waals surface area contributed by atoms with Crippen molar-refractivity contribution in [1.82, 2.24) is 0 Å². The topological polar surface area (TPSA) is 46.5 Å². The van der Waals surface area contributed by atoms with Gasteiger partial charge in [0.25, 0.3) is 0 Å². The molecule has 0 aliphatic rings. The van der Waals surface area contributed by atoms with E-state index in [9.17, 15) is 4.79 Å². The van der Waals surface area contributed by atoms with Crippen molar-refractivity contribution in [3.63, 3.8) is 0 Å². The van der Waals surface area contributed by atoms with E-state index in [-0.39, 0.29) is 29.2 Å². The molecule has 0 aromatic heterocycles. The molecule has 0 spiro atoms. The van der Waals surface area contributed by atoms with E-state index in [1.807, 2.05) is 0 Å².